The van der Waals surface area contributed by atoms with Gasteiger partial charge in [0.25, 0.3) is 0 Å². The van der Waals surface area contributed by atoms with Crippen LogP contribution in [0.15, 0.2) is 42.6 Å². The van der Waals surface area contributed by atoms with Crippen molar-refractivity contribution in [3.05, 3.63) is 59.5 Å². The normalized spacial score (nSPS) is 10.1. The van der Waals surface area contributed by atoms with Crippen LogP contribution < -0.4 is 4.74 Å². The Morgan fingerprint density at radius 1 is 1.19 bits per heavy atom. The predicted molar refractivity (Wildman–Crippen MR) is 60.0 cm³/mol. The quantitative estimate of drug-likeness (QED) is 0.788. The average molecular weight is 217 g/mol. The van der Waals surface area contributed by atoms with E-state index in [0.717, 1.165) is 11.1 Å². The first-order valence-corrected chi connectivity index (χ1v) is 5.02. The van der Waals surface area contributed by atoms with E-state index in [1.54, 1.807) is 25.4 Å². The van der Waals surface area contributed by atoms with Gasteiger partial charge >= 0.3 is 0 Å². The van der Waals surface area contributed by atoms with E-state index in [1.165, 1.54) is 12.1 Å². The van der Waals surface area contributed by atoms with E-state index < -0.39 is 0 Å². The Kier molecular flexibility index (Phi) is 3.15. The molecule has 0 spiro atoms. The molecular weight excluding hydrogens is 205 g/mol. The van der Waals surface area contributed by atoms with Gasteiger partial charge in [-0.3, -0.25) is 0 Å². The van der Waals surface area contributed by atoms with Crippen molar-refractivity contribution in [2.75, 3.05) is 7.11 Å². The summed E-state index contributed by atoms with van der Waals surface area (Å²) in [5.41, 5.74) is 2.03. The fourth-order valence-corrected chi connectivity index (χ4v) is 1.56. The van der Waals surface area contributed by atoms with Gasteiger partial charge in [0.2, 0.25) is 5.88 Å². The van der Waals surface area contributed by atoms with Crippen LogP contribution in [0, 0.1) is 5.82 Å². The zero-order valence-corrected chi connectivity index (χ0v) is 8.98. The summed E-state index contributed by atoms with van der Waals surface area (Å²) in [7, 11) is 1.59. The molecule has 1 aromatic heterocycles. The van der Waals surface area contributed by atoms with Gasteiger partial charge in [0.05, 0.1) is 7.11 Å². The van der Waals surface area contributed by atoms with E-state index in [0.29, 0.717) is 12.3 Å². The lowest BCUT2D eigenvalue weighted by Gasteiger charge is -2.06. The number of rotatable bonds is 3. The topological polar surface area (TPSA) is 22.1 Å². The smallest absolute Gasteiger partial charge is 0.216 e. The number of aromatic nitrogens is 1. The molecule has 2 rings (SSSR count). The number of hydrogen-bond donors (Lipinski definition) is 0. The van der Waals surface area contributed by atoms with Crippen molar-refractivity contribution < 1.29 is 9.13 Å². The molecule has 0 unspecified atom stereocenters. The van der Waals surface area contributed by atoms with Gasteiger partial charge in [-0.1, -0.05) is 18.2 Å². The maximum atomic E-state index is 12.7. The van der Waals surface area contributed by atoms with E-state index in [9.17, 15) is 4.39 Å². The van der Waals surface area contributed by atoms with Crippen molar-refractivity contribution in [1.29, 1.82) is 0 Å². The molecule has 0 atom stereocenters. The second kappa shape index (κ2) is 4.75. The molecule has 2 aromatic rings. The van der Waals surface area contributed by atoms with Gasteiger partial charge in [-0.15, -0.1) is 0 Å². The molecule has 3 heteroatoms. The molecule has 1 aromatic carbocycles. The van der Waals surface area contributed by atoms with E-state index in [-0.39, 0.29) is 5.82 Å². The molecule has 82 valence electrons. The van der Waals surface area contributed by atoms with Crippen LogP contribution in [0.3, 0.4) is 0 Å². The Morgan fingerprint density at radius 3 is 2.62 bits per heavy atom. The first kappa shape index (κ1) is 10.6. The summed E-state index contributed by atoms with van der Waals surface area (Å²) in [5.74, 6) is 0.397. The van der Waals surface area contributed by atoms with E-state index in [1.807, 2.05) is 12.1 Å². The van der Waals surface area contributed by atoms with Gasteiger partial charge in [0.15, 0.2) is 0 Å². The molecule has 16 heavy (non-hydrogen) atoms. The van der Waals surface area contributed by atoms with Crippen molar-refractivity contribution in [3.63, 3.8) is 0 Å². The summed E-state index contributed by atoms with van der Waals surface area (Å²) in [6.45, 7) is 0. The van der Waals surface area contributed by atoms with Crippen molar-refractivity contribution >= 4 is 0 Å². The van der Waals surface area contributed by atoms with Gasteiger partial charge in [0, 0.05) is 18.2 Å². The third kappa shape index (κ3) is 2.37. The molecule has 0 radical (unpaired) electrons. The third-order valence-electron chi connectivity index (χ3n) is 2.35. The fraction of sp³-hybridized carbons (Fsp3) is 0.154. The van der Waals surface area contributed by atoms with Crippen LogP contribution in [-0.4, -0.2) is 12.1 Å². The molecule has 2 nitrogen and oxygen atoms in total. The summed E-state index contributed by atoms with van der Waals surface area (Å²) < 4.78 is 17.9. The summed E-state index contributed by atoms with van der Waals surface area (Å²) in [6.07, 6.45) is 2.38. The second-order valence-electron chi connectivity index (χ2n) is 3.48. The molecule has 0 aliphatic heterocycles. The van der Waals surface area contributed by atoms with E-state index in [4.69, 9.17) is 4.74 Å². The monoisotopic (exact) mass is 217 g/mol. The summed E-state index contributed by atoms with van der Waals surface area (Å²) in [6, 6.07) is 10.3. The number of hydrogen-bond acceptors (Lipinski definition) is 2. The van der Waals surface area contributed by atoms with Gasteiger partial charge in [-0.2, -0.15) is 0 Å². The van der Waals surface area contributed by atoms with Crippen LogP contribution in [0.25, 0.3) is 0 Å². The van der Waals surface area contributed by atoms with Crippen LogP contribution in [0.5, 0.6) is 5.88 Å². The maximum Gasteiger partial charge on any atom is 0.216 e. The number of ether oxygens (including phenoxy) is 1. The summed E-state index contributed by atoms with van der Waals surface area (Å²) in [4.78, 5) is 4.11. The highest BCUT2D eigenvalue weighted by Crippen LogP contribution is 2.18. The Morgan fingerprint density at radius 2 is 1.94 bits per heavy atom. The highest BCUT2D eigenvalue weighted by atomic mass is 19.1. The zero-order valence-electron chi connectivity index (χ0n) is 8.98. The number of nitrogens with zero attached hydrogens (tertiary/aromatic N) is 1. The Labute approximate surface area is 93.7 Å². The molecule has 0 bridgehead atoms. The molecule has 0 amide bonds. The lowest BCUT2D eigenvalue weighted by Crippen LogP contribution is -1.95. The van der Waals surface area contributed by atoms with Gasteiger partial charge in [0.1, 0.15) is 5.82 Å². The van der Waals surface area contributed by atoms with Crippen molar-refractivity contribution in [2.45, 2.75) is 6.42 Å². The zero-order chi connectivity index (χ0) is 11.4. The standard InChI is InChI=1S/C13H12FNO/c1-16-13-11(3-2-8-15-13)9-10-4-6-12(14)7-5-10/h2-8H,9H2,1H3. The lowest BCUT2D eigenvalue weighted by molar-refractivity contribution is 0.393. The molecule has 0 saturated heterocycles. The third-order valence-corrected chi connectivity index (χ3v) is 2.35. The minimum absolute atomic E-state index is 0.220. The summed E-state index contributed by atoms with van der Waals surface area (Å²) >= 11 is 0. The number of pyridine rings is 1. The van der Waals surface area contributed by atoms with Crippen LogP contribution in [-0.2, 0) is 6.42 Å². The average Bonchev–Trinajstić information content (AvgIpc) is 2.33. The van der Waals surface area contributed by atoms with Gasteiger partial charge in [-0.05, 0) is 23.8 Å². The second-order valence-corrected chi connectivity index (χ2v) is 3.48. The van der Waals surface area contributed by atoms with Crippen molar-refractivity contribution in [3.8, 4) is 5.88 Å². The minimum atomic E-state index is -0.220. The predicted octanol–water partition coefficient (Wildman–Crippen LogP) is 2.82. The Bertz CT molecular complexity index is 468. The Balaban J connectivity index is 2.23. The van der Waals surface area contributed by atoms with E-state index >= 15 is 0 Å². The fourth-order valence-electron chi connectivity index (χ4n) is 1.56. The minimum Gasteiger partial charge on any atom is -0.481 e. The molecule has 0 saturated carbocycles. The van der Waals surface area contributed by atoms with Crippen LogP contribution in [0.4, 0.5) is 4.39 Å². The Hall–Kier alpha value is -1.90. The SMILES string of the molecule is COc1ncccc1Cc1ccc(F)cc1. The van der Waals surface area contributed by atoms with Gasteiger partial charge < -0.3 is 4.74 Å². The van der Waals surface area contributed by atoms with Crippen LogP contribution in [0.1, 0.15) is 11.1 Å². The number of benzene rings is 1. The molecular formula is C13H12FNO. The molecule has 0 fully saturated rings. The molecule has 0 aliphatic rings. The van der Waals surface area contributed by atoms with E-state index in [2.05, 4.69) is 4.98 Å². The lowest BCUT2D eigenvalue weighted by atomic mass is 10.1. The first-order valence-electron chi connectivity index (χ1n) is 5.02. The molecule has 0 aliphatic carbocycles. The first-order chi connectivity index (χ1) is 7.79. The van der Waals surface area contributed by atoms with Crippen molar-refractivity contribution in [1.82, 2.24) is 4.98 Å². The maximum absolute atomic E-state index is 12.7. The highest BCUT2D eigenvalue weighted by Gasteiger charge is 2.04. The van der Waals surface area contributed by atoms with Gasteiger partial charge in [-0.25, -0.2) is 9.37 Å². The highest BCUT2D eigenvalue weighted by molar-refractivity contribution is 5.32. The van der Waals surface area contributed by atoms with Crippen molar-refractivity contribution in [2.24, 2.45) is 0 Å². The number of methoxy groups -OCH3 is 1. The number of halogens is 1. The molecule has 1 heterocycles. The summed E-state index contributed by atoms with van der Waals surface area (Å²) in [5, 5.41) is 0. The van der Waals surface area contributed by atoms with Crippen LogP contribution >= 0.6 is 0 Å². The largest absolute Gasteiger partial charge is 0.481 e. The van der Waals surface area contributed by atoms with Crippen LogP contribution in [0.2, 0.25) is 0 Å². The molecule has 0 N–H and O–H groups in total.